The van der Waals surface area contributed by atoms with Crippen molar-refractivity contribution in [2.24, 2.45) is 5.73 Å². The summed E-state index contributed by atoms with van der Waals surface area (Å²) in [5, 5.41) is 2.44. The molecular weight excluding hydrogens is 271 g/mol. The van der Waals surface area contributed by atoms with Crippen LogP contribution in [-0.2, 0) is 0 Å². The predicted molar refractivity (Wildman–Crippen MR) is 57.1 cm³/mol. The molecule has 2 radical (unpaired) electrons. The number of para-hydroxylation sites is 1. The standard InChI is InChI=1S/C7H8N2O.2CH3.Sn/c8-7(10)9-6-4-2-1-3-5-6;;;/h1-5H,(H3,8,9,10);2*1H3;. The van der Waals surface area contributed by atoms with E-state index in [0.717, 1.165) is 5.69 Å². The second kappa shape index (κ2) is 7.91. The number of anilines is 1. The molecule has 0 heterocycles. The summed E-state index contributed by atoms with van der Waals surface area (Å²) in [4.78, 5) is 14.9. The Morgan fingerprint density at radius 1 is 1.31 bits per heavy atom. The van der Waals surface area contributed by atoms with Crippen LogP contribution >= 0.6 is 0 Å². The first kappa shape index (κ1) is 12.3. The van der Waals surface area contributed by atoms with Crippen molar-refractivity contribution in [3.8, 4) is 0 Å². The van der Waals surface area contributed by atoms with Gasteiger partial charge in [-0.2, -0.15) is 0 Å². The van der Waals surface area contributed by atoms with Crippen LogP contribution in [0.4, 0.5) is 10.5 Å². The molecule has 0 unspecified atom stereocenters. The van der Waals surface area contributed by atoms with Crippen LogP contribution in [0.3, 0.4) is 0 Å². The van der Waals surface area contributed by atoms with Crippen LogP contribution in [0.25, 0.3) is 0 Å². The molecule has 13 heavy (non-hydrogen) atoms. The molecule has 2 amide bonds. The Morgan fingerprint density at radius 3 is 2.15 bits per heavy atom. The van der Waals surface area contributed by atoms with E-state index in [0.29, 0.717) is 0 Å². The van der Waals surface area contributed by atoms with Crippen LogP contribution in [0.5, 0.6) is 0 Å². The van der Waals surface area contributed by atoms with Gasteiger partial charge in [-0.1, -0.05) is 18.2 Å². The molecule has 0 aromatic heterocycles. The molecule has 3 nitrogen and oxygen atoms in total. The van der Waals surface area contributed by atoms with Gasteiger partial charge in [0.25, 0.3) is 0 Å². The van der Waals surface area contributed by atoms with Crippen molar-refractivity contribution in [3.05, 3.63) is 30.3 Å². The Kier molecular flexibility index (Phi) is 7.48. The zero-order valence-electron chi connectivity index (χ0n) is 7.87. The number of amides is 2. The summed E-state index contributed by atoms with van der Waals surface area (Å²) in [6.45, 7) is 0. The number of carbonyl (C=O) groups excluding carboxylic acids is 1. The van der Waals surface area contributed by atoms with E-state index < -0.39 is 6.03 Å². The van der Waals surface area contributed by atoms with Crippen molar-refractivity contribution >= 4 is 32.9 Å². The van der Waals surface area contributed by atoms with E-state index in [2.05, 4.69) is 15.2 Å². The third kappa shape index (κ3) is 7.64. The van der Waals surface area contributed by atoms with E-state index in [1.807, 2.05) is 18.2 Å². The number of urea groups is 1. The fourth-order valence-corrected chi connectivity index (χ4v) is 0.664. The molecule has 70 valence electrons. The topological polar surface area (TPSA) is 55.1 Å². The maximum absolute atomic E-state index is 10.3. The molecule has 4 heteroatoms. The van der Waals surface area contributed by atoms with Gasteiger partial charge in [0.05, 0.1) is 0 Å². The predicted octanol–water partition coefficient (Wildman–Crippen LogP) is 1.96. The summed E-state index contributed by atoms with van der Waals surface area (Å²) in [5.41, 5.74) is 5.59. The molecule has 3 N–H and O–H groups in total. The monoisotopic (exact) mass is 286 g/mol. The number of hydrogen-bond donors (Lipinski definition) is 2. The molecule has 0 aliphatic heterocycles. The zero-order valence-corrected chi connectivity index (χ0v) is 10.7. The number of primary amides is 1. The fourth-order valence-electron chi connectivity index (χ4n) is 0.664. The average molecular weight is 285 g/mol. The Hall–Kier alpha value is -0.711. The molecule has 0 spiro atoms. The third-order valence-corrected chi connectivity index (χ3v) is 1.04. The van der Waals surface area contributed by atoms with Crippen molar-refractivity contribution in [2.45, 2.75) is 9.88 Å². The van der Waals surface area contributed by atoms with Crippen molar-refractivity contribution in [3.63, 3.8) is 0 Å². The Morgan fingerprint density at radius 2 is 1.77 bits per heavy atom. The quantitative estimate of drug-likeness (QED) is 0.761. The second-order valence-electron chi connectivity index (χ2n) is 2.36. The Labute approximate surface area is 88.9 Å². The number of benzene rings is 1. The number of hydrogen-bond acceptors (Lipinski definition) is 1. The van der Waals surface area contributed by atoms with Crippen molar-refractivity contribution in [2.75, 3.05) is 5.32 Å². The van der Waals surface area contributed by atoms with Gasteiger partial charge in [-0.3, -0.25) is 0 Å². The number of nitrogens with one attached hydrogen (secondary N) is 1. The van der Waals surface area contributed by atoms with Crippen LogP contribution in [0.1, 0.15) is 0 Å². The van der Waals surface area contributed by atoms with Gasteiger partial charge in [0.2, 0.25) is 0 Å². The van der Waals surface area contributed by atoms with Crippen molar-refractivity contribution < 1.29 is 4.79 Å². The molecule has 1 aromatic carbocycles. The van der Waals surface area contributed by atoms with E-state index in [9.17, 15) is 4.79 Å². The fraction of sp³-hybridized carbons (Fsp3) is 0.222. The number of carbonyl (C=O) groups is 1. The van der Waals surface area contributed by atoms with Crippen LogP contribution in [-0.4, -0.2) is 27.2 Å². The SMILES string of the molecule is NC(=O)Nc1ccccc1.[CH3][Sn][CH3]. The van der Waals surface area contributed by atoms with E-state index in [4.69, 9.17) is 5.73 Å². The Balaban J connectivity index is 0.000000424. The van der Waals surface area contributed by atoms with Gasteiger partial charge < -0.3 is 11.1 Å². The molecule has 0 saturated heterocycles. The van der Waals surface area contributed by atoms with Gasteiger partial charge in [0.1, 0.15) is 0 Å². The minimum absolute atomic E-state index is 0.230. The van der Waals surface area contributed by atoms with Gasteiger partial charge in [-0.25, -0.2) is 4.79 Å². The maximum atomic E-state index is 10.3. The molecule has 0 saturated carbocycles. The van der Waals surface area contributed by atoms with E-state index in [-0.39, 0.29) is 21.1 Å². The summed E-state index contributed by atoms with van der Waals surface area (Å²) in [7, 11) is 0. The summed E-state index contributed by atoms with van der Waals surface area (Å²) >= 11 is 0.230. The van der Waals surface area contributed by atoms with Crippen LogP contribution < -0.4 is 11.1 Å². The summed E-state index contributed by atoms with van der Waals surface area (Å²) in [6, 6.07) is 8.52. The first-order valence-corrected chi connectivity index (χ1v) is 9.61. The van der Waals surface area contributed by atoms with Crippen molar-refractivity contribution in [1.82, 2.24) is 0 Å². The van der Waals surface area contributed by atoms with Gasteiger partial charge in [0, 0.05) is 5.69 Å². The number of rotatable bonds is 1. The van der Waals surface area contributed by atoms with Gasteiger partial charge >= 0.3 is 37.1 Å². The summed E-state index contributed by atoms with van der Waals surface area (Å²) in [6.07, 6.45) is 0. The van der Waals surface area contributed by atoms with Gasteiger partial charge in [0.15, 0.2) is 0 Å². The molecule has 0 aliphatic rings. The van der Waals surface area contributed by atoms with E-state index in [1.165, 1.54) is 0 Å². The molecule has 1 aromatic rings. The van der Waals surface area contributed by atoms with Crippen molar-refractivity contribution in [1.29, 1.82) is 0 Å². The molecule has 1 rings (SSSR count). The van der Waals surface area contributed by atoms with Crippen LogP contribution in [0, 0.1) is 0 Å². The Bertz CT molecular complexity index is 239. The van der Waals surface area contributed by atoms with Crippen LogP contribution in [0.15, 0.2) is 30.3 Å². The summed E-state index contributed by atoms with van der Waals surface area (Å²) < 4.78 is 0. The normalized spacial score (nSPS) is 8.15. The van der Waals surface area contributed by atoms with Crippen LogP contribution in [0.2, 0.25) is 9.88 Å². The first-order chi connectivity index (χ1) is 6.20. The molecule has 0 bridgehead atoms. The van der Waals surface area contributed by atoms with E-state index >= 15 is 0 Å². The minimum atomic E-state index is -0.536. The third-order valence-electron chi connectivity index (χ3n) is 1.04. The molecule has 0 fully saturated rings. The first-order valence-electron chi connectivity index (χ1n) is 3.90. The summed E-state index contributed by atoms with van der Waals surface area (Å²) in [5.74, 6) is 0. The number of nitrogens with two attached hydrogens (primary N) is 1. The van der Waals surface area contributed by atoms with E-state index in [1.54, 1.807) is 12.1 Å². The average Bonchev–Trinajstić information content (AvgIpc) is 2.06. The molecule has 0 atom stereocenters. The second-order valence-corrected chi connectivity index (χ2v) is 5.21. The van der Waals surface area contributed by atoms with Gasteiger partial charge in [-0.15, -0.1) is 0 Å². The zero-order chi connectivity index (χ0) is 10.1. The molecular formula is C9H14N2OSn. The molecule has 0 aliphatic carbocycles. The van der Waals surface area contributed by atoms with Gasteiger partial charge in [-0.05, 0) is 12.1 Å².